The SMILES string of the molecule is CC(C)C(=O)N[C@H]1CCc2ccccc21. The van der Waals surface area contributed by atoms with Crippen molar-refractivity contribution in [2.45, 2.75) is 32.7 Å². The Labute approximate surface area is 90.7 Å². The quantitative estimate of drug-likeness (QED) is 0.786. The van der Waals surface area contributed by atoms with Crippen molar-refractivity contribution < 1.29 is 4.79 Å². The minimum absolute atomic E-state index is 0.0674. The molecule has 0 heterocycles. The lowest BCUT2D eigenvalue weighted by Crippen LogP contribution is -2.30. The lowest BCUT2D eigenvalue weighted by molar-refractivity contribution is -0.124. The van der Waals surface area contributed by atoms with Crippen LogP contribution < -0.4 is 5.32 Å². The zero-order valence-corrected chi connectivity index (χ0v) is 9.29. The fraction of sp³-hybridized carbons (Fsp3) is 0.462. The highest BCUT2D eigenvalue weighted by molar-refractivity contribution is 5.78. The lowest BCUT2D eigenvalue weighted by Gasteiger charge is -2.15. The molecule has 0 aromatic heterocycles. The van der Waals surface area contributed by atoms with Crippen LogP contribution >= 0.6 is 0 Å². The van der Waals surface area contributed by atoms with Crippen molar-refractivity contribution in [3.63, 3.8) is 0 Å². The summed E-state index contributed by atoms with van der Waals surface area (Å²) < 4.78 is 0. The molecular weight excluding hydrogens is 186 g/mol. The van der Waals surface area contributed by atoms with Crippen molar-refractivity contribution >= 4 is 5.91 Å². The van der Waals surface area contributed by atoms with E-state index >= 15 is 0 Å². The van der Waals surface area contributed by atoms with Crippen LogP contribution in [0.1, 0.15) is 37.4 Å². The average Bonchev–Trinajstić information content (AvgIpc) is 2.62. The topological polar surface area (TPSA) is 29.1 Å². The van der Waals surface area contributed by atoms with E-state index in [2.05, 4.69) is 23.5 Å². The highest BCUT2D eigenvalue weighted by atomic mass is 16.1. The standard InChI is InChI=1S/C13H17NO/c1-9(2)13(15)14-12-8-7-10-5-3-4-6-11(10)12/h3-6,9,12H,7-8H2,1-2H3,(H,14,15)/t12-/m0/s1. The van der Waals surface area contributed by atoms with Gasteiger partial charge in [-0.25, -0.2) is 0 Å². The predicted molar refractivity (Wildman–Crippen MR) is 60.5 cm³/mol. The molecule has 1 amide bonds. The predicted octanol–water partition coefficient (Wildman–Crippen LogP) is 2.45. The second-order valence-electron chi connectivity index (χ2n) is 4.45. The first-order valence-corrected chi connectivity index (χ1v) is 5.56. The summed E-state index contributed by atoms with van der Waals surface area (Å²) >= 11 is 0. The van der Waals surface area contributed by atoms with Gasteiger partial charge in [0.2, 0.25) is 5.91 Å². The van der Waals surface area contributed by atoms with Crippen LogP contribution in [0, 0.1) is 5.92 Å². The van der Waals surface area contributed by atoms with Gasteiger partial charge in [0.1, 0.15) is 0 Å². The first-order chi connectivity index (χ1) is 7.18. The molecule has 1 atom stereocenters. The summed E-state index contributed by atoms with van der Waals surface area (Å²) in [4.78, 5) is 11.6. The molecule has 0 aliphatic heterocycles. The molecule has 80 valence electrons. The zero-order chi connectivity index (χ0) is 10.8. The fourth-order valence-electron chi connectivity index (χ4n) is 2.05. The molecule has 2 rings (SSSR count). The van der Waals surface area contributed by atoms with Gasteiger partial charge in [-0.05, 0) is 24.0 Å². The first-order valence-electron chi connectivity index (χ1n) is 5.56. The van der Waals surface area contributed by atoms with E-state index in [1.807, 2.05) is 19.9 Å². The molecule has 0 bridgehead atoms. The van der Waals surface area contributed by atoms with E-state index in [9.17, 15) is 4.79 Å². The van der Waals surface area contributed by atoms with Crippen LogP contribution in [-0.2, 0) is 11.2 Å². The third kappa shape index (κ3) is 2.04. The largest absolute Gasteiger partial charge is 0.349 e. The monoisotopic (exact) mass is 203 g/mol. The van der Waals surface area contributed by atoms with Gasteiger partial charge in [-0.3, -0.25) is 4.79 Å². The molecule has 15 heavy (non-hydrogen) atoms. The van der Waals surface area contributed by atoms with Crippen LogP contribution in [0.5, 0.6) is 0 Å². The Hall–Kier alpha value is -1.31. The van der Waals surface area contributed by atoms with Crippen LogP contribution in [0.4, 0.5) is 0 Å². The highest BCUT2D eigenvalue weighted by Gasteiger charge is 2.23. The Kier molecular flexibility index (Phi) is 2.76. The Morgan fingerprint density at radius 1 is 1.40 bits per heavy atom. The van der Waals surface area contributed by atoms with Gasteiger partial charge >= 0.3 is 0 Å². The molecule has 1 aliphatic rings. The fourth-order valence-corrected chi connectivity index (χ4v) is 2.05. The van der Waals surface area contributed by atoms with E-state index in [4.69, 9.17) is 0 Å². The number of rotatable bonds is 2. The van der Waals surface area contributed by atoms with Crippen molar-refractivity contribution in [3.05, 3.63) is 35.4 Å². The Morgan fingerprint density at radius 3 is 2.87 bits per heavy atom. The number of carbonyl (C=O) groups is 1. The molecular formula is C13H17NO. The van der Waals surface area contributed by atoms with Gasteiger partial charge in [-0.2, -0.15) is 0 Å². The van der Waals surface area contributed by atoms with Crippen LogP contribution in [-0.4, -0.2) is 5.91 Å². The highest BCUT2D eigenvalue weighted by Crippen LogP contribution is 2.30. The lowest BCUT2D eigenvalue weighted by atomic mass is 10.1. The maximum atomic E-state index is 11.6. The van der Waals surface area contributed by atoms with E-state index in [-0.39, 0.29) is 17.9 Å². The molecule has 0 saturated carbocycles. The molecule has 2 nitrogen and oxygen atoms in total. The summed E-state index contributed by atoms with van der Waals surface area (Å²) in [7, 11) is 0. The number of hydrogen-bond acceptors (Lipinski definition) is 1. The molecule has 0 saturated heterocycles. The summed E-state index contributed by atoms with van der Waals surface area (Å²) in [6.45, 7) is 3.85. The summed E-state index contributed by atoms with van der Waals surface area (Å²) in [5.41, 5.74) is 2.68. The third-order valence-electron chi connectivity index (χ3n) is 2.97. The van der Waals surface area contributed by atoms with Crippen molar-refractivity contribution in [2.75, 3.05) is 0 Å². The summed E-state index contributed by atoms with van der Waals surface area (Å²) in [5, 5.41) is 3.10. The molecule has 1 N–H and O–H groups in total. The minimum Gasteiger partial charge on any atom is -0.349 e. The van der Waals surface area contributed by atoms with E-state index < -0.39 is 0 Å². The second kappa shape index (κ2) is 4.05. The van der Waals surface area contributed by atoms with Crippen LogP contribution in [0.2, 0.25) is 0 Å². The number of fused-ring (bicyclic) bond motifs is 1. The van der Waals surface area contributed by atoms with Crippen molar-refractivity contribution in [3.8, 4) is 0 Å². The minimum atomic E-state index is 0.0674. The van der Waals surface area contributed by atoms with E-state index in [0.717, 1.165) is 12.8 Å². The van der Waals surface area contributed by atoms with Crippen LogP contribution in [0.3, 0.4) is 0 Å². The van der Waals surface area contributed by atoms with E-state index in [1.165, 1.54) is 11.1 Å². The van der Waals surface area contributed by atoms with Crippen LogP contribution in [0.25, 0.3) is 0 Å². The van der Waals surface area contributed by atoms with Gasteiger partial charge in [0.25, 0.3) is 0 Å². The zero-order valence-electron chi connectivity index (χ0n) is 9.29. The van der Waals surface area contributed by atoms with Crippen molar-refractivity contribution in [1.29, 1.82) is 0 Å². The normalized spacial score (nSPS) is 19.0. The Balaban J connectivity index is 2.11. The van der Waals surface area contributed by atoms with Crippen LogP contribution in [0.15, 0.2) is 24.3 Å². The number of aryl methyl sites for hydroxylation is 1. The Bertz CT molecular complexity index is 371. The molecule has 2 heteroatoms. The van der Waals surface area contributed by atoms with Crippen molar-refractivity contribution in [2.24, 2.45) is 5.92 Å². The second-order valence-corrected chi connectivity index (χ2v) is 4.45. The number of carbonyl (C=O) groups excluding carboxylic acids is 1. The summed E-state index contributed by atoms with van der Waals surface area (Å²) in [6, 6.07) is 8.60. The third-order valence-corrected chi connectivity index (χ3v) is 2.97. The molecule has 1 aliphatic carbocycles. The van der Waals surface area contributed by atoms with Gasteiger partial charge in [0.15, 0.2) is 0 Å². The molecule has 0 radical (unpaired) electrons. The number of amides is 1. The van der Waals surface area contributed by atoms with Gasteiger partial charge in [-0.1, -0.05) is 38.1 Å². The van der Waals surface area contributed by atoms with Gasteiger partial charge in [0, 0.05) is 5.92 Å². The van der Waals surface area contributed by atoms with Gasteiger partial charge in [-0.15, -0.1) is 0 Å². The van der Waals surface area contributed by atoms with E-state index in [1.54, 1.807) is 0 Å². The smallest absolute Gasteiger partial charge is 0.223 e. The maximum Gasteiger partial charge on any atom is 0.223 e. The average molecular weight is 203 g/mol. The number of nitrogens with one attached hydrogen (secondary N) is 1. The summed E-state index contributed by atoms with van der Waals surface area (Å²) in [6.07, 6.45) is 2.12. The van der Waals surface area contributed by atoms with Gasteiger partial charge < -0.3 is 5.32 Å². The van der Waals surface area contributed by atoms with Crippen molar-refractivity contribution in [1.82, 2.24) is 5.32 Å². The molecule has 1 aromatic rings. The molecule has 0 fully saturated rings. The molecule has 1 aromatic carbocycles. The first kappa shape index (κ1) is 10.2. The Morgan fingerprint density at radius 2 is 2.13 bits per heavy atom. The summed E-state index contributed by atoms with van der Waals surface area (Å²) in [5.74, 6) is 0.217. The number of hydrogen-bond donors (Lipinski definition) is 1. The number of benzene rings is 1. The molecule has 0 unspecified atom stereocenters. The van der Waals surface area contributed by atoms with E-state index in [0.29, 0.717) is 0 Å². The maximum absolute atomic E-state index is 11.6. The molecule has 0 spiro atoms. The van der Waals surface area contributed by atoms with Gasteiger partial charge in [0.05, 0.1) is 6.04 Å².